The Morgan fingerprint density at radius 1 is 0.773 bits per heavy atom. The number of hydrogen-bond donors (Lipinski definition) is 0. The summed E-state index contributed by atoms with van der Waals surface area (Å²) in [5.41, 5.74) is -12.7. The maximum absolute atomic E-state index is 16.0. The van der Waals surface area contributed by atoms with Crippen LogP contribution in [0.25, 0.3) is 0 Å². The molecule has 0 aromatic rings. The summed E-state index contributed by atoms with van der Waals surface area (Å²) in [6.07, 6.45) is -30.3. The molecule has 4 bridgehead atoms. The van der Waals surface area contributed by atoms with E-state index in [9.17, 15) is 57.5 Å². The Morgan fingerprint density at radius 3 is 1.75 bits per heavy atom. The lowest BCUT2D eigenvalue weighted by molar-refractivity contribution is -0.404. The first-order valence-electron chi connectivity index (χ1n) is 14.2. The molecule has 4 saturated carbocycles. The van der Waals surface area contributed by atoms with E-state index in [-0.39, 0.29) is 31.6 Å². The first-order valence-corrected chi connectivity index (χ1v) is 14.2. The summed E-state index contributed by atoms with van der Waals surface area (Å²) < 4.78 is 197. The van der Waals surface area contributed by atoms with Crippen LogP contribution in [0.1, 0.15) is 65.7 Å². The predicted octanol–water partition coefficient (Wildman–Crippen LogP) is 8.48. The normalized spacial score (nSPS) is 36.4. The van der Waals surface area contributed by atoms with E-state index in [1.54, 1.807) is 13.8 Å². The summed E-state index contributed by atoms with van der Waals surface area (Å²) in [4.78, 5) is 11.3. The SMILES string of the molecule is CC(=O)OC(CC1CC2CC(OCOC(CC3(F)CC4CC3C(C)C4C)(C(F)(F)F)C(F)(F)F)C1C2)(C(F)(F)F)C(F)(F)F. The highest BCUT2D eigenvalue weighted by Gasteiger charge is 2.77. The quantitative estimate of drug-likeness (QED) is 0.141. The highest BCUT2D eigenvalue weighted by molar-refractivity contribution is 5.66. The number of ether oxygens (including phenoxy) is 3. The molecule has 4 aliphatic carbocycles. The number of carbonyl (C=O) groups excluding carboxylic acids is 1. The third-order valence-corrected chi connectivity index (χ3v) is 10.8. The monoisotopic (exact) mass is 668 g/mol. The van der Waals surface area contributed by atoms with Gasteiger partial charge in [-0.3, -0.25) is 4.79 Å². The molecule has 4 aliphatic rings. The molecule has 4 rings (SSSR count). The van der Waals surface area contributed by atoms with Gasteiger partial charge in [-0.1, -0.05) is 13.8 Å². The second kappa shape index (κ2) is 11.0. The van der Waals surface area contributed by atoms with Gasteiger partial charge >= 0.3 is 36.3 Å². The highest BCUT2D eigenvalue weighted by atomic mass is 19.4. The largest absolute Gasteiger partial charge is 0.440 e. The maximum atomic E-state index is 16.0. The molecule has 0 aromatic heterocycles. The fourth-order valence-corrected chi connectivity index (χ4v) is 8.52. The van der Waals surface area contributed by atoms with Crippen molar-refractivity contribution in [1.82, 2.24) is 0 Å². The Balaban J connectivity index is 1.53. The third kappa shape index (κ3) is 5.78. The van der Waals surface area contributed by atoms with Crippen molar-refractivity contribution in [3.63, 3.8) is 0 Å². The van der Waals surface area contributed by atoms with Gasteiger partial charge in [0.05, 0.1) is 6.10 Å². The molecule has 4 fully saturated rings. The van der Waals surface area contributed by atoms with E-state index < -0.39 is 115 Å². The van der Waals surface area contributed by atoms with E-state index >= 15 is 4.39 Å². The van der Waals surface area contributed by atoms with E-state index in [1.807, 2.05) is 0 Å². The topological polar surface area (TPSA) is 44.8 Å². The van der Waals surface area contributed by atoms with E-state index in [0.29, 0.717) is 6.92 Å². The minimum Gasteiger partial charge on any atom is -0.440 e. The van der Waals surface area contributed by atoms with E-state index in [4.69, 9.17) is 4.74 Å². The molecule has 0 amide bonds. The van der Waals surface area contributed by atoms with Crippen LogP contribution < -0.4 is 0 Å². The zero-order valence-corrected chi connectivity index (χ0v) is 23.8. The molecule has 256 valence electrons. The van der Waals surface area contributed by atoms with E-state index in [0.717, 1.165) is 0 Å². The van der Waals surface area contributed by atoms with E-state index in [2.05, 4.69) is 9.47 Å². The second-order valence-corrected chi connectivity index (χ2v) is 13.1. The summed E-state index contributed by atoms with van der Waals surface area (Å²) in [7, 11) is 0. The van der Waals surface area contributed by atoms with Crippen LogP contribution >= 0.6 is 0 Å². The Hall–Kier alpha value is -1.52. The first-order chi connectivity index (χ1) is 19.8. The predicted molar refractivity (Wildman–Crippen MR) is 124 cm³/mol. The summed E-state index contributed by atoms with van der Waals surface area (Å²) in [5.74, 6) is -7.06. The van der Waals surface area contributed by atoms with E-state index in [1.165, 1.54) is 0 Å². The van der Waals surface area contributed by atoms with Crippen LogP contribution in [0, 0.1) is 41.4 Å². The number of rotatable bonds is 9. The average Bonchev–Trinajstić information content (AvgIpc) is 3.56. The lowest BCUT2D eigenvalue weighted by atomic mass is 9.69. The molecule has 0 aliphatic heterocycles. The molecule has 0 radical (unpaired) electrons. The fourth-order valence-electron chi connectivity index (χ4n) is 8.52. The van der Waals surface area contributed by atoms with Gasteiger partial charge in [0.2, 0.25) is 0 Å². The molecule has 0 heterocycles. The van der Waals surface area contributed by atoms with Gasteiger partial charge in [-0.15, -0.1) is 0 Å². The van der Waals surface area contributed by atoms with Crippen molar-refractivity contribution >= 4 is 5.97 Å². The minimum atomic E-state index is -6.15. The number of fused-ring (bicyclic) bond motifs is 4. The first kappa shape index (κ1) is 35.3. The van der Waals surface area contributed by atoms with Crippen molar-refractivity contribution in [2.24, 2.45) is 41.4 Å². The molecule has 9 unspecified atom stereocenters. The third-order valence-electron chi connectivity index (χ3n) is 10.8. The lowest BCUT2D eigenvalue weighted by Gasteiger charge is -2.45. The zero-order chi connectivity index (χ0) is 33.5. The van der Waals surface area contributed by atoms with Gasteiger partial charge in [0.25, 0.3) is 5.60 Å². The van der Waals surface area contributed by atoms with Crippen molar-refractivity contribution in [3.05, 3.63) is 0 Å². The molecule has 0 saturated heterocycles. The van der Waals surface area contributed by atoms with Crippen molar-refractivity contribution in [3.8, 4) is 0 Å². The van der Waals surface area contributed by atoms with Crippen molar-refractivity contribution in [2.75, 3.05) is 6.79 Å². The summed E-state index contributed by atoms with van der Waals surface area (Å²) in [6, 6.07) is 0. The fraction of sp³-hybridized carbons (Fsp3) is 0.963. The number of esters is 1. The van der Waals surface area contributed by atoms with Gasteiger partial charge in [-0.2, -0.15) is 52.7 Å². The maximum Gasteiger partial charge on any atom is 0.437 e. The smallest absolute Gasteiger partial charge is 0.437 e. The van der Waals surface area contributed by atoms with Crippen molar-refractivity contribution in [2.45, 2.75) is 113 Å². The minimum absolute atomic E-state index is 0.0163. The number of carbonyl (C=O) groups is 1. The van der Waals surface area contributed by atoms with Crippen LogP contribution in [0.15, 0.2) is 0 Å². The molecule has 4 nitrogen and oxygen atoms in total. The average molecular weight is 669 g/mol. The summed E-state index contributed by atoms with van der Waals surface area (Å²) in [5, 5.41) is 0. The van der Waals surface area contributed by atoms with Gasteiger partial charge in [-0.05, 0) is 73.5 Å². The van der Waals surface area contributed by atoms with Crippen molar-refractivity contribution in [1.29, 1.82) is 0 Å². The van der Waals surface area contributed by atoms with Gasteiger partial charge in [-0.25, -0.2) is 4.39 Å². The van der Waals surface area contributed by atoms with Crippen LogP contribution in [0.3, 0.4) is 0 Å². The number of hydrogen-bond acceptors (Lipinski definition) is 4. The molecule has 0 spiro atoms. The molecule has 9 atom stereocenters. The molecular weight excluding hydrogens is 635 g/mol. The van der Waals surface area contributed by atoms with Crippen LogP contribution in [-0.2, 0) is 19.0 Å². The van der Waals surface area contributed by atoms with Gasteiger partial charge in [0.15, 0.2) is 0 Å². The number of halogens is 13. The highest BCUT2D eigenvalue weighted by Crippen LogP contribution is 2.64. The Morgan fingerprint density at radius 2 is 1.32 bits per heavy atom. The zero-order valence-electron chi connectivity index (χ0n) is 23.8. The lowest BCUT2D eigenvalue weighted by Crippen LogP contribution is -2.63. The van der Waals surface area contributed by atoms with Crippen LogP contribution in [-0.4, -0.2) is 60.4 Å². The summed E-state index contributed by atoms with van der Waals surface area (Å²) in [6.45, 7) is 1.99. The van der Waals surface area contributed by atoms with Crippen LogP contribution in [0.2, 0.25) is 0 Å². The molecular formula is C27H33F13O4. The Labute approximate surface area is 244 Å². The van der Waals surface area contributed by atoms with Gasteiger partial charge < -0.3 is 14.2 Å². The molecule has 0 N–H and O–H groups in total. The number of alkyl halides is 13. The Bertz CT molecular complexity index is 1040. The molecule has 17 heteroatoms. The van der Waals surface area contributed by atoms with Gasteiger partial charge in [0.1, 0.15) is 12.5 Å². The summed E-state index contributed by atoms with van der Waals surface area (Å²) >= 11 is 0. The van der Waals surface area contributed by atoms with Crippen LogP contribution in [0.4, 0.5) is 57.1 Å². The molecule has 0 aromatic carbocycles. The van der Waals surface area contributed by atoms with Crippen LogP contribution in [0.5, 0.6) is 0 Å². The standard InChI is InChI=1S/C27H33F13O4/c1-12-13(2)19-7-16(12)8-21(19,28)10-23(26(35,36)37,27(38,39)40)43-11-42-20-6-15-4-17(18(20)5-15)9-22(24(29,30)31,25(32,33)34)44-14(3)41/h12-13,15-20H,4-11H2,1-3H3. The molecule has 44 heavy (non-hydrogen) atoms. The van der Waals surface area contributed by atoms with Gasteiger partial charge in [0, 0.05) is 19.8 Å². The Kier molecular flexibility index (Phi) is 8.86. The second-order valence-electron chi connectivity index (χ2n) is 13.1. The van der Waals surface area contributed by atoms with Crippen molar-refractivity contribution < 1.29 is 76.1 Å².